The summed E-state index contributed by atoms with van der Waals surface area (Å²) in [4.78, 5) is 12.1. The molecular weight excluding hydrogens is 264 g/mol. The fourth-order valence-corrected chi connectivity index (χ4v) is 2.32. The Morgan fingerprint density at radius 3 is 2.76 bits per heavy atom. The number of hydrogen-bond acceptors (Lipinski definition) is 3. The molecule has 0 aliphatic rings. The largest absolute Gasteiger partial charge is 0.395 e. The molecule has 0 unspecified atom stereocenters. The zero-order valence-corrected chi connectivity index (χ0v) is 11.7. The number of anilines is 1. The fourth-order valence-electron chi connectivity index (χ4n) is 2.32. The third-order valence-corrected chi connectivity index (χ3v) is 3.53. The minimum Gasteiger partial charge on any atom is -0.395 e. The lowest BCUT2D eigenvalue weighted by molar-refractivity contribution is 0.0947. The predicted octanol–water partition coefficient (Wildman–Crippen LogP) is 2.38. The van der Waals surface area contributed by atoms with Crippen LogP contribution < -0.4 is 11.1 Å². The van der Waals surface area contributed by atoms with Gasteiger partial charge in [-0.1, -0.05) is 42.5 Å². The Hall–Kier alpha value is -2.82. The monoisotopic (exact) mass is 280 g/mol. The highest BCUT2D eigenvalue weighted by molar-refractivity contribution is 5.97. The van der Waals surface area contributed by atoms with E-state index in [1.54, 1.807) is 6.92 Å². The first-order valence-corrected chi connectivity index (χ1v) is 6.72. The fraction of sp³-hybridized carbons (Fsp3) is 0.125. The lowest BCUT2D eigenvalue weighted by Gasteiger charge is -2.08. The van der Waals surface area contributed by atoms with E-state index in [4.69, 9.17) is 5.73 Å². The number of aromatic nitrogens is 2. The van der Waals surface area contributed by atoms with Crippen LogP contribution in [0.3, 0.4) is 0 Å². The Labute approximate surface area is 122 Å². The highest BCUT2D eigenvalue weighted by Gasteiger charge is 2.15. The van der Waals surface area contributed by atoms with Gasteiger partial charge in [0.15, 0.2) is 5.69 Å². The molecule has 1 aromatic heterocycles. The van der Waals surface area contributed by atoms with Gasteiger partial charge in [-0.2, -0.15) is 5.10 Å². The first-order chi connectivity index (χ1) is 10.2. The number of H-pyrrole nitrogens is 1. The molecule has 1 heterocycles. The molecule has 0 saturated heterocycles. The molecule has 0 fully saturated rings. The number of carbonyl (C=O) groups excluding carboxylic acids is 1. The second-order valence-electron chi connectivity index (χ2n) is 4.93. The summed E-state index contributed by atoms with van der Waals surface area (Å²) in [5.74, 6) is -0.273. The number of nitrogens with zero attached hydrogens (tertiary/aromatic N) is 1. The van der Waals surface area contributed by atoms with Gasteiger partial charge in [-0.05, 0) is 23.3 Å². The van der Waals surface area contributed by atoms with E-state index in [9.17, 15) is 4.79 Å². The van der Waals surface area contributed by atoms with E-state index in [0.29, 0.717) is 17.9 Å². The van der Waals surface area contributed by atoms with E-state index in [1.165, 1.54) is 0 Å². The average molecular weight is 280 g/mol. The number of aryl methyl sites for hydroxylation is 1. The molecule has 3 rings (SSSR count). The summed E-state index contributed by atoms with van der Waals surface area (Å²) in [6, 6.07) is 14.1. The first-order valence-electron chi connectivity index (χ1n) is 6.72. The number of amides is 1. The van der Waals surface area contributed by atoms with Crippen molar-refractivity contribution in [2.45, 2.75) is 13.5 Å². The molecule has 0 radical (unpaired) electrons. The summed E-state index contributed by atoms with van der Waals surface area (Å²) in [7, 11) is 0. The Balaban J connectivity index is 1.81. The van der Waals surface area contributed by atoms with Crippen LogP contribution in [0.1, 0.15) is 21.7 Å². The molecule has 3 aromatic rings. The number of nitrogens with one attached hydrogen (secondary N) is 2. The van der Waals surface area contributed by atoms with Crippen LogP contribution in [0.5, 0.6) is 0 Å². The van der Waals surface area contributed by atoms with Crippen molar-refractivity contribution in [3.05, 3.63) is 59.4 Å². The van der Waals surface area contributed by atoms with Gasteiger partial charge in [-0.3, -0.25) is 9.89 Å². The van der Waals surface area contributed by atoms with Gasteiger partial charge in [0, 0.05) is 6.54 Å². The van der Waals surface area contributed by atoms with Gasteiger partial charge in [-0.25, -0.2) is 0 Å². The van der Waals surface area contributed by atoms with Crippen molar-refractivity contribution < 1.29 is 4.79 Å². The minimum atomic E-state index is -0.273. The molecule has 1 amide bonds. The molecule has 5 heteroatoms. The van der Waals surface area contributed by atoms with Crippen LogP contribution in [-0.4, -0.2) is 16.1 Å². The molecule has 21 heavy (non-hydrogen) atoms. The van der Waals surface area contributed by atoms with E-state index < -0.39 is 0 Å². The van der Waals surface area contributed by atoms with Crippen molar-refractivity contribution in [1.29, 1.82) is 0 Å². The Morgan fingerprint density at radius 1 is 1.24 bits per heavy atom. The van der Waals surface area contributed by atoms with Crippen molar-refractivity contribution in [3.8, 4) is 0 Å². The van der Waals surface area contributed by atoms with Crippen molar-refractivity contribution >= 4 is 22.4 Å². The summed E-state index contributed by atoms with van der Waals surface area (Å²) in [6.45, 7) is 2.22. The summed E-state index contributed by atoms with van der Waals surface area (Å²) < 4.78 is 0. The average Bonchev–Trinajstić information content (AvgIpc) is 2.84. The van der Waals surface area contributed by atoms with Gasteiger partial charge >= 0.3 is 0 Å². The van der Waals surface area contributed by atoms with Gasteiger partial charge in [0.25, 0.3) is 5.91 Å². The van der Waals surface area contributed by atoms with E-state index in [0.717, 1.165) is 16.3 Å². The molecule has 0 aliphatic carbocycles. The van der Waals surface area contributed by atoms with Crippen LogP contribution >= 0.6 is 0 Å². The summed E-state index contributed by atoms with van der Waals surface area (Å²) in [6.07, 6.45) is 0. The third-order valence-electron chi connectivity index (χ3n) is 3.53. The molecule has 5 nitrogen and oxygen atoms in total. The SMILES string of the molecule is Cc1[nH]nc(C(=O)NCc2cccc3ccccc23)c1N. The van der Waals surface area contributed by atoms with Crippen molar-refractivity contribution in [2.75, 3.05) is 5.73 Å². The maximum absolute atomic E-state index is 12.1. The number of rotatable bonds is 3. The number of nitrogens with two attached hydrogens (primary N) is 1. The Kier molecular flexibility index (Phi) is 3.31. The smallest absolute Gasteiger partial charge is 0.274 e. The van der Waals surface area contributed by atoms with Crippen molar-refractivity contribution in [1.82, 2.24) is 15.5 Å². The summed E-state index contributed by atoms with van der Waals surface area (Å²) in [5, 5.41) is 11.8. The van der Waals surface area contributed by atoms with Crippen LogP contribution in [0.2, 0.25) is 0 Å². The van der Waals surface area contributed by atoms with E-state index in [1.807, 2.05) is 30.3 Å². The quantitative estimate of drug-likeness (QED) is 0.688. The van der Waals surface area contributed by atoms with Gasteiger partial charge < -0.3 is 11.1 Å². The van der Waals surface area contributed by atoms with Gasteiger partial charge in [0.05, 0.1) is 11.4 Å². The number of aromatic amines is 1. The predicted molar refractivity (Wildman–Crippen MR) is 82.9 cm³/mol. The Bertz CT molecular complexity index is 802. The zero-order valence-electron chi connectivity index (χ0n) is 11.7. The van der Waals surface area contributed by atoms with Crippen LogP contribution in [0.4, 0.5) is 5.69 Å². The molecule has 0 saturated carbocycles. The normalized spacial score (nSPS) is 10.7. The Morgan fingerprint density at radius 2 is 2.00 bits per heavy atom. The topological polar surface area (TPSA) is 83.8 Å². The van der Waals surface area contributed by atoms with Crippen LogP contribution in [0.25, 0.3) is 10.8 Å². The number of carbonyl (C=O) groups is 1. The van der Waals surface area contributed by atoms with E-state index in [2.05, 4.69) is 27.6 Å². The molecule has 106 valence electrons. The molecule has 0 bridgehead atoms. The molecule has 2 aromatic carbocycles. The highest BCUT2D eigenvalue weighted by atomic mass is 16.1. The van der Waals surface area contributed by atoms with E-state index >= 15 is 0 Å². The molecule has 4 N–H and O–H groups in total. The standard InChI is InChI=1S/C16H16N4O/c1-10-14(17)15(20-19-10)16(21)18-9-12-7-4-6-11-5-2-3-8-13(11)12/h2-8H,9,17H2,1H3,(H,18,21)(H,19,20). The molecule has 0 aliphatic heterocycles. The van der Waals surface area contributed by atoms with Crippen LogP contribution in [0.15, 0.2) is 42.5 Å². The van der Waals surface area contributed by atoms with Gasteiger partial charge in [0.2, 0.25) is 0 Å². The summed E-state index contributed by atoms with van der Waals surface area (Å²) >= 11 is 0. The number of fused-ring (bicyclic) bond motifs is 1. The lowest BCUT2D eigenvalue weighted by Crippen LogP contribution is -2.24. The van der Waals surface area contributed by atoms with Crippen LogP contribution in [-0.2, 0) is 6.54 Å². The van der Waals surface area contributed by atoms with Gasteiger partial charge in [-0.15, -0.1) is 0 Å². The first kappa shape index (κ1) is 13.2. The van der Waals surface area contributed by atoms with Crippen molar-refractivity contribution in [2.24, 2.45) is 0 Å². The number of hydrogen-bond donors (Lipinski definition) is 3. The second kappa shape index (κ2) is 5.28. The maximum Gasteiger partial charge on any atom is 0.274 e. The van der Waals surface area contributed by atoms with Gasteiger partial charge in [0.1, 0.15) is 0 Å². The maximum atomic E-state index is 12.1. The molecule has 0 spiro atoms. The van der Waals surface area contributed by atoms with Crippen molar-refractivity contribution in [3.63, 3.8) is 0 Å². The summed E-state index contributed by atoms with van der Waals surface area (Å²) in [5.41, 5.74) is 8.21. The number of nitrogen functional groups attached to an aromatic ring is 1. The third kappa shape index (κ3) is 2.45. The lowest BCUT2D eigenvalue weighted by atomic mass is 10.0. The second-order valence-corrected chi connectivity index (χ2v) is 4.93. The number of benzene rings is 2. The van der Waals surface area contributed by atoms with E-state index in [-0.39, 0.29) is 11.6 Å². The minimum absolute atomic E-state index is 0.243. The molecular formula is C16H16N4O. The highest BCUT2D eigenvalue weighted by Crippen LogP contribution is 2.18. The molecule has 0 atom stereocenters. The van der Waals surface area contributed by atoms with Crippen LogP contribution in [0, 0.1) is 6.92 Å². The zero-order chi connectivity index (χ0) is 14.8.